The first-order chi connectivity index (χ1) is 11.0. The third-order valence-electron chi connectivity index (χ3n) is 3.90. The number of hydrogen-bond donors (Lipinski definition) is 0. The monoisotopic (exact) mass is 394 g/mol. The molecule has 0 aromatic carbocycles. The molecule has 0 unspecified atom stereocenters. The minimum Gasteiger partial charge on any atom is -0.452 e. The summed E-state index contributed by atoms with van der Waals surface area (Å²) in [6.07, 6.45) is 2.34. The van der Waals surface area contributed by atoms with Gasteiger partial charge in [-0.3, -0.25) is 9.80 Å². The number of furan rings is 1. The largest absolute Gasteiger partial charge is 0.452 e. The average Bonchev–Trinajstić information content (AvgIpc) is 3.09. The van der Waals surface area contributed by atoms with Crippen LogP contribution in [0.5, 0.6) is 0 Å². The Balaban J connectivity index is 1.68. The van der Waals surface area contributed by atoms with Gasteiger partial charge in [0.25, 0.3) is 5.91 Å². The number of carbonyl (C=O) groups excluding carboxylic acids is 1. The SMILES string of the molecule is CN1c2cc(Br)oc2CCN1C(=O)c1cc2ccc(Cl)cn2n1. The molecule has 23 heavy (non-hydrogen) atoms. The van der Waals surface area contributed by atoms with Crippen LogP contribution in [0.3, 0.4) is 0 Å². The quantitative estimate of drug-likeness (QED) is 0.634. The maximum atomic E-state index is 12.8. The van der Waals surface area contributed by atoms with Crippen molar-refractivity contribution in [2.45, 2.75) is 6.42 Å². The van der Waals surface area contributed by atoms with Gasteiger partial charge >= 0.3 is 0 Å². The van der Waals surface area contributed by atoms with Gasteiger partial charge in [-0.05, 0) is 34.1 Å². The third-order valence-corrected chi connectivity index (χ3v) is 4.51. The van der Waals surface area contributed by atoms with Crippen LogP contribution in [0.15, 0.2) is 39.5 Å². The van der Waals surface area contributed by atoms with E-state index in [0.717, 1.165) is 17.0 Å². The standard InChI is InChI=1S/C15H12BrClN4O2/c1-19-12-7-14(16)23-13(12)4-5-21(19)15(22)11-6-10-3-2-9(17)8-20(10)18-11/h2-3,6-8H,4-5H2,1H3. The van der Waals surface area contributed by atoms with E-state index in [2.05, 4.69) is 21.0 Å². The normalized spacial score (nSPS) is 14.4. The molecule has 0 N–H and O–H groups in total. The molecule has 1 aliphatic rings. The van der Waals surface area contributed by atoms with E-state index in [1.165, 1.54) is 0 Å². The van der Waals surface area contributed by atoms with Gasteiger partial charge in [-0.25, -0.2) is 9.52 Å². The molecular formula is C15H12BrClN4O2. The smallest absolute Gasteiger partial charge is 0.292 e. The van der Waals surface area contributed by atoms with Gasteiger partial charge in [-0.15, -0.1) is 0 Å². The van der Waals surface area contributed by atoms with E-state index < -0.39 is 0 Å². The van der Waals surface area contributed by atoms with Crippen LogP contribution in [0.1, 0.15) is 16.2 Å². The molecule has 4 heterocycles. The van der Waals surface area contributed by atoms with Crippen molar-refractivity contribution in [2.24, 2.45) is 0 Å². The number of aromatic nitrogens is 2. The number of halogens is 2. The summed E-state index contributed by atoms with van der Waals surface area (Å²) in [7, 11) is 1.84. The molecule has 0 bridgehead atoms. The molecule has 3 aromatic rings. The summed E-state index contributed by atoms with van der Waals surface area (Å²) in [6, 6.07) is 7.22. The van der Waals surface area contributed by atoms with E-state index >= 15 is 0 Å². The number of nitrogens with zero attached hydrogens (tertiary/aromatic N) is 4. The lowest BCUT2D eigenvalue weighted by atomic mass is 10.2. The Kier molecular flexibility index (Phi) is 3.35. The van der Waals surface area contributed by atoms with Gasteiger partial charge in [0.2, 0.25) is 0 Å². The van der Waals surface area contributed by atoms with Crippen molar-refractivity contribution >= 4 is 44.6 Å². The minimum absolute atomic E-state index is 0.157. The number of anilines is 1. The van der Waals surface area contributed by atoms with E-state index in [0.29, 0.717) is 28.4 Å². The van der Waals surface area contributed by atoms with Crippen LogP contribution in [0.4, 0.5) is 5.69 Å². The first kappa shape index (κ1) is 14.6. The molecule has 6 nitrogen and oxygen atoms in total. The molecule has 3 aromatic heterocycles. The van der Waals surface area contributed by atoms with Crippen molar-refractivity contribution in [2.75, 3.05) is 18.6 Å². The topological polar surface area (TPSA) is 54.0 Å². The van der Waals surface area contributed by atoms with Gasteiger partial charge in [-0.1, -0.05) is 11.6 Å². The highest BCUT2D eigenvalue weighted by Gasteiger charge is 2.30. The van der Waals surface area contributed by atoms with E-state index in [-0.39, 0.29) is 5.91 Å². The fourth-order valence-electron chi connectivity index (χ4n) is 2.76. The summed E-state index contributed by atoms with van der Waals surface area (Å²) < 4.78 is 7.84. The maximum absolute atomic E-state index is 12.8. The predicted molar refractivity (Wildman–Crippen MR) is 89.8 cm³/mol. The van der Waals surface area contributed by atoms with Gasteiger partial charge in [0, 0.05) is 25.7 Å². The van der Waals surface area contributed by atoms with Crippen LogP contribution in [0.2, 0.25) is 5.02 Å². The highest BCUT2D eigenvalue weighted by atomic mass is 79.9. The second-order valence-corrected chi connectivity index (χ2v) is 6.53. The molecule has 0 saturated carbocycles. The van der Waals surface area contributed by atoms with Crippen molar-refractivity contribution in [1.29, 1.82) is 0 Å². The van der Waals surface area contributed by atoms with Crippen molar-refractivity contribution in [3.05, 3.63) is 51.6 Å². The Morgan fingerprint density at radius 1 is 1.39 bits per heavy atom. The van der Waals surface area contributed by atoms with Gasteiger partial charge in [-0.2, -0.15) is 5.10 Å². The molecule has 0 fully saturated rings. The van der Waals surface area contributed by atoms with Crippen molar-refractivity contribution in [1.82, 2.24) is 14.6 Å². The first-order valence-corrected chi connectivity index (χ1v) is 8.18. The Morgan fingerprint density at radius 3 is 3.04 bits per heavy atom. The third kappa shape index (κ3) is 2.40. The van der Waals surface area contributed by atoms with E-state index in [1.54, 1.807) is 32.9 Å². The second-order valence-electron chi connectivity index (χ2n) is 5.31. The lowest BCUT2D eigenvalue weighted by molar-refractivity contribution is 0.0728. The van der Waals surface area contributed by atoms with Crippen LogP contribution < -0.4 is 5.01 Å². The summed E-state index contributed by atoms with van der Waals surface area (Å²) in [6.45, 7) is 0.539. The summed E-state index contributed by atoms with van der Waals surface area (Å²) in [5.74, 6) is 0.709. The Hall–Kier alpha value is -1.99. The molecule has 118 valence electrons. The zero-order valence-corrected chi connectivity index (χ0v) is 14.5. The molecule has 0 spiro atoms. The number of pyridine rings is 1. The number of hydrogen-bond acceptors (Lipinski definition) is 4. The van der Waals surface area contributed by atoms with E-state index in [9.17, 15) is 4.79 Å². The van der Waals surface area contributed by atoms with Crippen LogP contribution in [0.25, 0.3) is 5.52 Å². The molecule has 8 heteroatoms. The molecule has 0 aliphatic carbocycles. The number of rotatable bonds is 1. The molecule has 1 aliphatic heterocycles. The summed E-state index contributed by atoms with van der Waals surface area (Å²) in [5, 5.41) is 8.36. The zero-order chi connectivity index (χ0) is 16.1. The summed E-state index contributed by atoms with van der Waals surface area (Å²) in [4.78, 5) is 12.8. The molecule has 0 saturated heterocycles. The lowest BCUT2D eigenvalue weighted by Gasteiger charge is -2.35. The zero-order valence-electron chi connectivity index (χ0n) is 12.2. The van der Waals surface area contributed by atoms with E-state index in [4.69, 9.17) is 16.0 Å². The van der Waals surface area contributed by atoms with E-state index in [1.807, 2.05) is 19.2 Å². The van der Waals surface area contributed by atoms with Gasteiger partial charge in [0.1, 0.15) is 5.76 Å². The number of carbonyl (C=O) groups is 1. The summed E-state index contributed by atoms with van der Waals surface area (Å²) >= 11 is 9.29. The predicted octanol–water partition coefficient (Wildman–Crippen LogP) is 3.39. The average molecular weight is 396 g/mol. The first-order valence-electron chi connectivity index (χ1n) is 7.01. The van der Waals surface area contributed by atoms with Gasteiger partial charge in [0.15, 0.2) is 10.4 Å². The second kappa shape index (κ2) is 5.28. The van der Waals surface area contributed by atoms with Crippen molar-refractivity contribution < 1.29 is 9.21 Å². The lowest BCUT2D eigenvalue weighted by Crippen LogP contribution is -2.48. The van der Waals surface area contributed by atoms with Crippen molar-refractivity contribution in [3.8, 4) is 0 Å². The van der Waals surface area contributed by atoms with Crippen LogP contribution in [-0.2, 0) is 6.42 Å². The fraction of sp³-hybridized carbons (Fsp3) is 0.200. The van der Waals surface area contributed by atoms with Crippen LogP contribution in [-0.4, -0.2) is 34.1 Å². The molecule has 0 atom stereocenters. The molecule has 4 rings (SSSR count). The minimum atomic E-state index is -0.157. The Morgan fingerprint density at radius 2 is 2.22 bits per heavy atom. The summed E-state index contributed by atoms with van der Waals surface area (Å²) in [5.41, 5.74) is 2.08. The number of fused-ring (bicyclic) bond motifs is 2. The maximum Gasteiger partial charge on any atom is 0.292 e. The number of amides is 1. The Bertz CT molecular complexity index is 919. The number of hydrazine groups is 1. The molecular weight excluding hydrogens is 384 g/mol. The Labute approximate surface area is 145 Å². The van der Waals surface area contributed by atoms with Crippen LogP contribution in [0, 0.1) is 0 Å². The van der Waals surface area contributed by atoms with Gasteiger partial charge < -0.3 is 4.42 Å². The van der Waals surface area contributed by atoms with Gasteiger partial charge in [0.05, 0.1) is 22.8 Å². The fourth-order valence-corrected chi connectivity index (χ4v) is 3.33. The highest BCUT2D eigenvalue weighted by Crippen LogP contribution is 2.32. The molecule has 0 radical (unpaired) electrons. The van der Waals surface area contributed by atoms with Crippen LogP contribution >= 0.6 is 27.5 Å². The van der Waals surface area contributed by atoms with Crippen molar-refractivity contribution in [3.63, 3.8) is 0 Å². The highest BCUT2D eigenvalue weighted by molar-refractivity contribution is 9.10. The molecule has 1 amide bonds.